The molecule has 30 heavy (non-hydrogen) atoms. The van der Waals surface area contributed by atoms with Gasteiger partial charge in [-0.15, -0.1) is 0 Å². The first kappa shape index (κ1) is 18.8. The number of carbonyl (C=O) groups is 1. The fraction of sp³-hybridized carbons (Fsp3) is 0.125. The molecule has 148 valence electrons. The highest BCUT2D eigenvalue weighted by Gasteiger charge is 2.32. The van der Waals surface area contributed by atoms with Crippen LogP contribution in [0.1, 0.15) is 34.6 Å². The van der Waals surface area contributed by atoms with Crippen LogP contribution in [0.25, 0.3) is 6.08 Å². The number of ketones is 1. The predicted molar refractivity (Wildman–Crippen MR) is 123 cm³/mol. The van der Waals surface area contributed by atoms with Crippen LogP contribution >= 0.6 is 15.9 Å². The zero-order valence-electron chi connectivity index (χ0n) is 16.6. The molecule has 0 amide bonds. The lowest BCUT2D eigenvalue weighted by atomic mass is 9.95. The number of benzene rings is 2. The van der Waals surface area contributed by atoms with Gasteiger partial charge in [0.05, 0.1) is 11.7 Å². The van der Waals surface area contributed by atoms with E-state index in [1.165, 1.54) is 0 Å². The topological polar surface area (TPSA) is 50.5 Å². The molecule has 0 saturated carbocycles. The van der Waals surface area contributed by atoms with Gasteiger partial charge in [0.25, 0.3) is 0 Å². The van der Waals surface area contributed by atoms with Crippen molar-refractivity contribution in [3.05, 3.63) is 93.2 Å². The Bertz CT molecular complexity index is 1240. The minimum atomic E-state index is -0.0751. The van der Waals surface area contributed by atoms with Gasteiger partial charge in [0, 0.05) is 41.5 Å². The number of dihydropyridines is 1. The molecule has 0 N–H and O–H groups in total. The molecule has 5 rings (SSSR count). The van der Waals surface area contributed by atoms with Gasteiger partial charge in [0.1, 0.15) is 5.69 Å². The van der Waals surface area contributed by atoms with Crippen LogP contribution < -0.4 is 4.90 Å². The van der Waals surface area contributed by atoms with Crippen molar-refractivity contribution in [1.29, 1.82) is 0 Å². The lowest BCUT2D eigenvalue weighted by Gasteiger charge is -2.32. The third kappa shape index (κ3) is 3.04. The Kier molecular flexibility index (Phi) is 4.51. The SMILES string of the molecule is CC(=O)c1c2c(nn1C)N(c1ccc(Br)cc1)C1=CC(c3ccccc3)N=CC1=C2. The maximum Gasteiger partial charge on any atom is 0.178 e. The minimum absolute atomic E-state index is 0.0128. The van der Waals surface area contributed by atoms with Crippen molar-refractivity contribution in [2.24, 2.45) is 12.0 Å². The van der Waals surface area contributed by atoms with Crippen molar-refractivity contribution in [2.75, 3.05) is 4.90 Å². The number of rotatable bonds is 3. The second-order valence-electron chi connectivity index (χ2n) is 7.36. The molecule has 1 aromatic heterocycles. The van der Waals surface area contributed by atoms with Gasteiger partial charge in [-0.3, -0.25) is 19.4 Å². The van der Waals surface area contributed by atoms with Gasteiger partial charge in [-0.2, -0.15) is 5.10 Å². The third-order valence-corrected chi connectivity index (χ3v) is 5.89. The van der Waals surface area contributed by atoms with E-state index in [9.17, 15) is 4.79 Å². The number of aryl methyl sites for hydroxylation is 1. The van der Waals surface area contributed by atoms with E-state index in [0.717, 1.165) is 38.4 Å². The van der Waals surface area contributed by atoms with E-state index in [4.69, 9.17) is 10.1 Å². The summed E-state index contributed by atoms with van der Waals surface area (Å²) in [4.78, 5) is 19.2. The van der Waals surface area contributed by atoms with Gasteiger partial charge in [-0.1, -0.05) is 46.3 Å². The molecule has 0 radical (unpaired) electrons. The predicted octanol–water partition coefficient (Wildman–Crippen LogP) is 5.63. The smallest absolute Gasteiger partial charge is 0.178 e. The molecule has 3 aromatic rings. The number of hydrogen-bond acceptors (Lipinski definition) is 4. The van der Waals surface area contributed by atoms with E-state index in [2.05, 4.69) is 39.0 Å². The van der Waals surface area contributed by atoms with Crippen molar-refractivity contribution in [1.82, 2.24) is 9.78 Å². The van der Waals surface area contributed by atoms with Crippen LogP contribution in [0.15, 0.2) is 81.4 Å². The molecule has 0 fully saturated rings. The molecular weight excluding hydrogens is 440 g/mol. The number of aromatic nitrogens is 2. The molecule has 0 saturated heterocycles. The number of nitrogens with zero attached hydrogens (tertiary/aromatic N) is 4. The summed E-state index contributed by atoms with van der Waals surface area (Å²) in [5.74, 6) is 0.739. The van der Waals surface area contributed by atoms with Gasteiger partial charge in [0.2, 0.25) is 0 Å². The van der Waals surface area contributed by atoms with E-state index in [-0.39, 0.29) is 11.8 Å². The van der Waals surface area contributed by atoms with E-state index in [1.54, 1.807) is 11.6 Å². The van der Waals surface area contributed by atoms with Crippen LogP contribution in [-0.4, -0.2) is 21.8 Å². The van der Waals surface area contributed by atoms with Crippen LogP contribution in [0.3, 0.4) is 0 Å². The van der Waals surface area contributed by atoms with Gasteiger partial charge in [-0.05, 0) is 42.0 Å². The monoisotopic (exact) mass is 458 g/mol. The summed E-state index contributed by atoms with van der Waals surface area (Å²) < 4.78 is 2.67. The fourth-order valence-corrected chi connectivity index (χ4v) is 4.29. The molecule has 1 unspecified atom stereocenters. The van der Waals surface area contributed by atoms with Crippen molar-refractivity contribution >= 4 is 45.5 Å². The average molecular weight is 459 g/mol. The molecule has 2 aliphatic rings. The molecule has 0 spiro atoms. The zero-order chi connectivity index (χ0) is 20.8. The lowest BCUT2D eigenvalue weighted by Crippen LogP contribution is -2.25. The van der Waals surface area contributed by atoms with Crippen LogP contribution in [-0.2, 0) is 7.05 Å². The van der Waals surface area contributed by atoms with Crippen molar-refractivity contribution in [3.8, 4) is 0 Å². The molecule has 0 aliphatic carbocycles. The molecule has 2 aromatic carbocycles. The van der Waals surface area contributed by atoms with Crippen LogP contribution in [0.2, 0.25) is 0 Å². The van der Waals surface area contributed by atoms with Crippen molar-refractivity contribution in [2.45, 2.75) is 13.0 Å². The van der Waals surface area contributed by atoms with Gasteiger partial charge >= 0.3 is 0 Å². The first-order chi connectivity index (χ1) is 14.5. The number of allylic oxidation sites excluding steroid dienone is 1. The molecule has 1 atom stereocenters. The maximum absolute atomic E-state index is 12.3. The van der Waals surface area contributed by atoms with E-state index < -0.39 is 0 Å². The summed E-state index contributed by atoms with van der Waals surface area (Å²) in [6.07, 6.45) is 6.08. The first-order valence-corrected chi connectivity index (χ1v) is 10.5. The normalized spacial score (nSPS) is 17.2. The average Bonchev–Trinajstić information content (AvgIpc) is 3.08. The summed E-state index contributed by atoms with van der Waals surface area (Å²) in [6, 6.07) is 18.3. The van der Waals surface area contributed by atoms with Crippen molar-refractivity contribution < 1.29 is 4.79 Å². The van der Waals surface area contributed by atoms with Gasteiger partial charge < -0.3 is 0 Å². The number of aliphatic imine (C=N–C) groups is 1. The molecule has 2 aliphatic heterocycles. The Morgan fingerprint density at radius 3 is 2.50 bits per heavy atom. The zero-order valence-corrected chi connectivity index (χ0v) is 18.2. The fourth-order valence-electron chi connectivity index (χ4n) is 4.03. The number of hydrogen-bond donors (Lipinski definition) is 0. The quantitative estimate of drug-likeness (QED) is 0.477. The van der Waals surface area contributed by atoms with Crippen LogP contribution in [0, 0.1) is 0 Å². The molecule has 3 heterocycles. The first-order valence-electron chi connectivity index (χ1n) is 9.68. The number of Topliss-reactive ketones (excluding diaryl/α,β-unsaturated/α-hetero) is 1. The summed E-state index contributed by atoms with van der Waals surface area (Å²) in [6.45, 7) is 1.57. The lowest BCUT2D eigenvalue weighted by molar-refractivity contribution is 0.100. The Morgan fingerprint density at radius 1 is 1.07 bits per heavy atom. The Balaban J connectivity index is 1.72. The van der Waals surface area contributed by atoms with Crippen LogP contribution in [0.5, 0.6) is 0 Å². The summed E-state index contributed by atoms with van der Waals surface area (Å²) >= 11 is 3.51. The molecule has 6 heteroatoms. The standard InChI is InChI=1S/C24H19BrN4O/c1-15(30)23-20-12-17-14-26-21(16-6-4-3-5-7-16)13-22(17)29(24(20)27-28(23)2)19-10-8-18(25)9-11-19/h3-14,21H,1-2H3. The number of halogens is 1. The number of fused-ring (bicyclic) bond motifs is 2. The van der Waals surface area contributed by atoms with Crippen LogP contribution in [0.4, 0.5) is 11.5 Å². The summed E-state index contributed by atoms with van der Waals surface area (Å²) in [5, 5.41) is 4.72. The molecule has 0 bridgehead atoms. The number of carbonyl (C=O) groups excluding carboxylic acids is 1. The largest absolute Gasteiger partial charge is 0.293 e. The van der Waals surface area contributed by atoms with E-state index >= 15 is 0 Å². The summed E-state index contributed by atoms with van der Waals surface area (Å²) in [5.41, 5.74) is 5.51. The highest BCUT2D eigenvalue weighted by atomic mass is 79.9. The minimum Gasteiger partial charge on any atom is -0.293 e. The molecular formula is C24H19BrN4O. The maximum atomic E-state index is 12.3. The van der Waals surface area contributed by atoms with Gasteiger partial charge in [-0.25, -0.2) is 0 Å². The summed E-state index contributed by atoms with van der Waals surface area (Å²) in [7, 11) is 1.81. The Hall–Kier alpha value is -3.25. The second-order valence-corrected chi connectivity index (χ2v) is 8.28. The van der Waals surface area contributed by atoms with E-state index in [0.29, 0.717) is 5.69 Å². The third-order valence-electron chi connectivity index (χ3n) is 5.36. The Morgan fingerprint density at radius 2 is 1.80 bits per heavy atom. The van der Waals surface area contributed by atoms with Crippen molar-refractivity contribution in [3.63, 3.8) is 0 Å². The second kappa shape index (κ2) is 7.22. The number of anilines is 2. The highest BCUT2D eigenvalue weighted by Crippen LogP contribution is 2.43. The highest BCUT2D eigenvalue weighted by molar-refractivity contribution is 9.10. The van der Waals surface area contributed by atoms with Gasteiger partial charge in [0.15, 0.2) is 11.6 Å². The van der Waals surface area contributed by atoms with E-state index in [1.807, 2.05) is 61.8 Å². The Labute approximate surface area is 183 Å². The molecule has 5 nitrogen and oxygen atoms in total.